The highest BCUT2D eigenvalue weighted by Crippen LogP contribution is 2.42. The molecule has 0 aliphatic heterocycles. The molecule has 21 heavy (non-hydrogen) atoms. The number of nitrogens with one attached hydrogen (secondary N) is 2. The summed E-state index contributed by atoms with van der Waals surface area (Å²) in [6.45, 7) is 0. The second-order valence-electron chi connectivity index (χ2n) is 5.08. The van der Waals surface area contributed by atoms with Crippen LogP contribution in [0.4, 0.5) is 5.69 Å². The third-order valence-electron chi connectivity index (χ3n) is 3.52. The molecular formula is C16H16N2O3. The van der Waals surface area contributed by atoms with Gasteiger partial charge >= 0.3 is 0 Å². The molecule has 108 valence electrons. The maximum absolute atomic E-state index is 12.3. The average Bonchev–Trinajstić information content (AvgIpc) is 3.24. The highest BCUT2D eigenvalue weighted by atomic mass is 16.3. The van der Waals surface area contributed by atoms with E-state index in [1.165, 1.54) is 0 Å². The molecule has 1 aromatic heterocycles. The molecule has 1 fully saturated rings. The normalized spacial score (nSPS) is 13.8. The van der Waals surface area contributed by atoms with Crippen LogP contribution in [0.3, 0.4) is 0 Å². The van der Waals surface area contributed by atoms with Gasteiger partial charge < -0.3 is 15.1 Å². The number of carbonyl (C=O) groups excluding carboxylic acids is 2. The molecule has 1 saturated carbocycles. The van der Waals surface area contributed by atoms with Gasteiger partial charge in [-0.1, -0.05) is 0 Å². The largest absolute Gasteiger partial charge is 0.468 e. The summed E-state index contributed by atoms with van der Waals surface area (Å²) in [5.41, 5.74) is 1.79. The van der Waals surface area contributed by atoms with Gasteiger partial charge in [0, 0.05) is 24.2 Å². The predicted octanol–water partition coefficient (Wildman–Crippen LogP) is 2.77. The molecule has 1 aliphatic rings. The third-order valence-corrected chi connectivity index (χ3v) is 3.52. The molecule has 2 amide bonds. The zero-order valence-corrected chi connectivity index (χ0v) is 11.7. The van der Waals surface area contributed by atoms with E-state index >= 15 is 0 Å². The number of hydrogen-bond acceptors (Lipinski definition) is 3. The molecule has 1 heterocycles. The summed E-state index contributed by atoms with van der Waals surface area (Å²) in [5, 5.41) is 5.37. The van der Waals surface area contributed by atoms with Gasteiger partial charge in [-0.25, -0.2) is 0 Å². The molecule has 5 nitrogen and oxygen atoms in total. The first kappa shape index (κ1) is 13.4. The van der Waals surface area contributed by atoms with E-state index in [4.69, 9.17) is 4.42 Å². The Morgan fingerprint density at radius 3 is 2.43 bits per heavy atom. The van der Waals surface area contributed by atoms with Crippen molar-refractivity contribution >= 4 is 17.5 Å². The van der Waals surface area contributed by atoms with Gasteiger partial charge in [0.25, 0.3) is 11.8 Å². The molecule has 0 radical (unpaired) electrons. The van der Waals surface area contributed by atoms with Gasteiger partial charge in [-0.2, -0.15) is 0 Å². The first-order valence-corrected chi connectivity index (χ1v) is 6.90. The van der Waals surface area contributed by atoms with Crippen LogP contribution in [0.25, 0.3) is 0 Å². The van der Waals surface area contributed by atoms with Crippen molar-refractivity contribution in [3.8, 4) is 0 Å². The summed E-state index contributed by atoms with van der Waals surface area (Å²) in [6, 6.07) is 8.46. The molecule has 2 aromatic rings. The Morgan fingerprint density at radius 2 is 1.81 bits per heavy atom. The van der Waals surface area contributed by atoms with Crippen LogP contribution in [0.15, 0.2) is 41.0 Å². The minimum absolute atomic E-state index is 0.154. The van der Waals surface area contributed by atoms with E-state index < -0.39 is 0 Å². The van der Waals surface area contributed by atoms with E-state index in [0.29, 0.717) is 22.7 Å². The zero-order valence-electron chi connectivity index (χ0n) is 11.7. The number of anilines is 1. The van der Waals surface area contributed by atoms with Gasteiger partial charge in [0.05, 0.1) is 11.8 Å². The molecule has 0 atom stereocenters. The molecule has 0 spiro atoms. The summed E-state index contributed by atoms with van der Waals surface area (Å²) >= 11 is 0. The smallest absolute Gasteiger partial charge is 0.259 e. The minimum Gasteiger partial charge on any atom is -0.468 e. The number of hydrogen-bond donors (Lipinski definition) is 2. The van der Waals surface area contributed by atoms with Crippen LogP contribution < -0.4 is 10.6 Å². The van der Waals surface area contributed by atoms with E-state index in [1.54, 1.807) is 43.6 Å². The van der Waals surface area contributed by atoms with Crippen LogP contribution in [0.5, 0.6) is 0 Å². The maximum atomic E-state index is 12.3. The molecule has 1 aliphatic carbocycles. The van der Waals surface area contributed by atoms with Crippen molar-refractivity contribution in [2.45, 2.75) is 18.8 Å². The number of carbonyl (C=O) groups is 2. The Labute approximate surface area is 122 Å². The SMILES string of the molecule is CNC(=O)c1ccc(NC(=O)c2ccoc2C2CC2)cc1. The summed E-state index contributed by atoms with van der Waals surface area (Å²) in [5.74, 6) is 0.822. The Morgan fingerprint density at radius 1 is 1.10 bits per heavy atom. The van der Waals surface area contributed by atoms with Crippen molar-refractivity contribution < 1.29 is 14.0 Å². The molecular weight excluding hydrogens is 268 g/mol. The zero-order chi connectivity index (χ0) is 14.8. The molecule has 0 bridgehead atoms. The van der Waals surface area contributed by atoms with Crippen LogP contribution in [0, 0.1) is 0 Å². The van der Waals surface area contributed by atoms with Crippen molar-refractivity contribution in [2.75, 3.05) is 12.4 Å². The molecule has 5 heteroatoms. The summed E-state index contributed by atoms with van der Waals surface area (Å²) in [6.07, 6.45) is 3.71. The maximum Gasteiger partial charge on any atom is 0.259 e. The first-order chi connectivity index (χ1) is 10.2. The highest BCUT2D eigenvalue weighted by molar-refractivity contribution is 6.05. The lowest BCUT2D eigenvalue weighted by molar-refractivity contribution is 0.0962. The second-order valence-corrected chi connectivity index (χ2v) is 5.08. The summed E-state index contributed by atoms with van der Waals surface area (Å²) in [7, 11) is 1.58. The van der Waals surface area contributed by atoms with E-state index in [1.807, 2.05) is 0 Å². The van der Waals surface area contributed by atoms with Crippen LogP contribution in [0.1, 0.15) is 45.2 Å². The molecule has 0 unspecified atom stereocenters. The Kier molecular flexibility index (Phi) is 3.48. The van der Waals surface area contributed by atoms with E-state index in [9.17, 15) is 9.59 Å². The van der Waals surface area contributed by atoms with Gasteiger partial charge in [0.2, 0.25) is 0 Å². The standard InChI is InChI=1S/C16H16N2O3/c1-17-15(19)11-4-6-12(7-5-11)18-16(20)13-8-9-21-14(13)10-2-3-10/h4-10H,2-3H2,1H3,(H,17,19)(H,18,20). The topological polar surface area (TPSA) is 71.3 Å². The van der Waals surface area contributed by atoms with Gasteiger partial charge in [0.15, 0.2) is 0 Å². The second kappa shape index (κ2) is 5.44. The Balaban J connectivity index is 1.72. The monoisotopic (exact) mass is 284 g/mol. The first-order valence-electron chi connectivity index (χ1n) is 6.90. The van der Waals surface area contributed by atoms with Gasteiger partial charge in [0.1, 0.15) is 5.76 Å². The predicted molar refractivity (Wildman–Crippen MR) is 78.5 cm³/mol. The quantitative estimate of drug-likeness (QED) is 0.906. The van der Waals surface area contributed by atoms with Crippen molar-refractivity contribution in [1.29, 1.82) is 0 Å². The fraction of sp³-hybridized carbons (Fsp3) is 0.250. The fourth-order valence-corrected chi connectivity index (χ4v) is 2.22. The van der Waals surface area contributed by atoms with E-state index in [2.05, 4.69) is 10.6 Å². The number of furan rings is 1. The summed E-state index contributed by atoms with van der Waals surface area (Å²) < 4.78 is 5.40. The average molecular weight is 284 g/mol. The number of rotatable bonds is 4. The lowest BCUT2D eigenvalue weighted by atomic mass is 10.1. The van der Waals surface area contributed by atoms with Crippen molar-refractivity contribution in [1.82, 2.24) is 5.32 Å². The highest BCUT2D eigenvalue weighted by Gasteiger charge is 2.31. The molecule has 3 rings (SSSR count). The third kappa shape index (κ3) is 2.81. The van der Waals surface area contributed by atoms with Crippen LogP contribution in [-0.2, 0) is 0 Å². The molecule has 1 aromatic carbocycles. The minimum atomic E-state index is -0.182. The van der Waals surface area contributed by atoms with Crippen molar-refractivity contribution in [3.05, 3.63) is 53.5 Å². The molecule has 2 N–H and O–H groups in total. The van der Waals surface area contributed by atoms with Crippen LogP contribution >= 0.6 is 0 Å². The van der Waals surface area contributed by atoms with Gasteiger partial charge in [-0.3, -0.25) is 9.59 Å². The Hall–Kier alpha value is -2.56. The van der Waals surface area contributed by atoms with Crippen molar-refractivity contribution in [2.24, 2.45) is 0 Å². The number of amides is 2. The van der Waals surface area contributed by atoms with E-state index in [0.717, 1.165) is 18.6 Å². The van der Waals surface area contributed by atoms with Crippen LogP contribution in [0.2, 0.25) is 0 Å². The van der Waals surface area contributed by atoms with Crippen molar-refractivity contribution in [3.63, 3.8) is 0 Å². The summed E-state index contributed by atoms with van der Waals surface area (Å²) in [4.78, 5) is 23.7. The Bertz CT molecular complexity index is 669. The van der Waals surface area contributed by atoms with Gasteiger partial charge in [-0.15, -0.1) is 0 Å². The molecule has 0 saturated heterocycles. The van der Waals surface area contributed by atoms with Crippen LogP contribution in [-0.4, -0.2) is 18.9 Å². The number of benzene rings is 1. The van der Waals surface area contributed by atoms with E-state index in [-0.39, 0.29) is 11.8 Å². The fourth-order valence-electron chi connectivity index (χ4n) is 2.22. The van der Waals surface area contributed by atoms with Gasteiger partial charge in [-0.05, 0) is 43.2 Å². The lowest BCUT2D eigenvalue weighted by Gasteiger charge is -2.06. The lowest BCUT2D eigenvalue weighted by Crippen LogP contribution is -2.18.